The van der Waals surface area contributed by atoms with E-state index in [0.29, 0.717) is 48.0 Å². The zero-order valence-electron chi connectivity index (χ0n) is 15.6. The standard InChI is InChI=1S/C21H22ClFN2O3/c1-28-17-8-6-14(7-9-17)21(27)24-10-2-5-19(26)25-11-3-4-15-12-16(22)13-18(23)20(15)25/h6-9,12-13H,2-5,10-11H2,1H3,(H,24,27). The molecule has 0 aliphatic carbocycles. The number of rotatable bonds is 6. The smallest absolute Gasteiger partial charge is 0.251 e. The van der Waals surface area contributed by atoms with E-state index in [-0.39, 0.29) is 18.2 Å². The van der Waals surface area contributed by atoms with Gasteiger partial charge in [-0.05, 0) is 61.2 Å². The van der Waals surface area contributed by atoms with Crippen molar-refractivity contribution < 1.29 is 18.7 Å². The maximum absolute atomic E-state index is 14.3. The summed E-state index contributed by atoms with van der Waals surface area (Å²) in [6.45, 7) is 0.850. The minimum atomic E-state index is -0.469. The molecule has 1 aliphatic heterocycles. The van der Waals surface area contributed by atoms with Crippen LogP contribution in [0.2, 0.25) is 5.02 Å². The van der Waals surface area contributed by atoms with Gasteiger partial charge in [0.25, 0.3) is 5.91 Å². The second-order valence-corrected chi connectivity index (χ2v) is 7.07. The van der Waals surface area contributed by atoms with Crippen molar-refractivity contribution in [2.75, 3.05) is 25.1 Å². The van der Waals surface area contributed by atoms with Crippen molar-refractivity contribution >= 4 is 29.1 Å². The molecule has 0 spiro atoms. The highest BCUT2D eigenvalue weighted by Gasteiger charge is 2.25. The van der Waals surface area contributed by atoms with Gasteiger partial charge in [0, 0.05) is 30.1 Å². The van der Waals surface area contributed by atoms with Crippen LogP contribution < -0.4 is 15.0 Å². The molecule has 1 aliphatic rings. The fraction of sp³-hybridized carbons (Fsp3) is 0.333. The molecule has 28 heavy (non-hydrogen) atoms. The lowest BCUT2D eigenvalue weighted by Crippen LogP contribution is -2.36. The lowest BCUT2D eigenvalue weighted by molar-refractivity contribution is -0.118. The number of nitrogens with one attached hydrogen (secondary N) is 1. The van der Waals surface area contributed by atoms with Crippen molar-refractivity contribution in [2.45, 2.75) is 25.7 Å². The number of halogens is 2. The molecule has 1 N–H and O–H groups in total. The van der Waals surface area contributed by atoms with E-state index in [1.165, 1.54) is 11.0 Å². The molecule has 0 saturated carbocycles. The zero-order chi connectivity index (χ0) is 20.1. The number of hydrogen-bond donors (Lipinski definition) is 1. The molecule has 1 heterocycles. The van der Waals surface area contributed by atoms with Crippen molar-refractivity contribution in [2.24, 2.45) is 0 Å². The quantitative estimate of drug-likeness (QED) is 0.741. The lowest BCUT2D eigenvalue weighted by Gasteiger charge is -2.30. The van der Waals surface area contributed by atoms with Gasteiger partial charge in [-0.3, -0.25) is 9.59 Å². The summed E-state index contributed by atoms with van der Waals surface area (Å²) in [5.41, 5.74) is 1.62. The molecule has 0 saturated heterocycles. The maximum atomic E-state index is 14.3. The Balaban J connectivity index is 1.52. The van der Waals surface area contributed by atoms with Crippen LogP contribution in [0.5, 0.6) is 5.75 Å². The molecular formula is C21H22ClFN2O3. The Morgan fingerprint density at radius 1 is 1.25 bits per heavy atom. The second-order valence-electron chi connectivity index (χ2n) is 6.63. The zero-order valence-corrected chi connectivity index (χ0v) is 16.4. The highest BCUT2D eigenvalue weighted by molar-refractivity contribution is 6.30. The predicted octanol–water partition coefficient (Wildman–Crippen LogP) is 3.98. The largest absolute Gasteiger partial charge is 0.497 e. The fourth-order valence-corrected chi connectivity index (χ4v) is 3.55. The van der Waals surface area contributed by atoms with Crippen LogP contribution >= 0.6 is 11.6 Å². The van der Waals surface area contributed by atoms with Crippen molar-refractivity contribution in [3.63, 3.8) is 0 Å². The number of carbonyl (C=O) groups is 2. The molecule has 148 valence electrons. The summed E-state index contributed by atoms with van der Waals surface area (Å²) in [5, 5.41) is 3.13. The molecule has 0 bridgehead atoms. The summed E-state index contributed by atoms with van der Waals surface area (Å²) in [5.74, 6) is -0.152. The number of nitrogens with zero attached hydrogens (tertiary/aromatic N) is 1. The number of fused-ring (bicyclic) bond motifs is 1. The van der Waals surface area contributed by atoms with Crippen LogP contribution in [0.1, 0.15) is 35.2 Å². The molecule has 2 aromatic rings. The molecule has 5 nitrogen and oxygen atoms in total. The van der Waals surface area contributed by atoms with Gasteiger partial charge < -0.3 is 15.0 Å². The Labute approximate surface area is 168 Å². The van der Waals surface area contributed by atoms with Gasteiger partial charge in [0.1, 0.15) is 11.6 Å². The fourth-order valence-electron chi connectivity index (χ4n) is 3.32. The van der Waals surface area contributed by atoms with Crippen LogP contribution in [0.4, 0.5) is 10.1 Å². The molecule has 2 amide bonds. The summed E-state index contributed by atoms with van der Waals surface area (Å²) >= 11 is 5.92. The van der Waals surface area contributed by atoms with E-state index in [0.717, 1.165) is 12.0 Å². The van der Waals surface area contributed by atoms with E-state index in [1.807, 2.05) is 0 Å². The Kier molecular flexibility index (Phi) is 6.52. The molecule has 3 rings (SSSR count). The lowest BCUT2D eigenvalue weighted by atomic mass is 10.0. The molecular weight excluding hydrogens is 383 g/mol. The molecule has 0 radical (unpaired) electrons. The number of aryl methyl sites for hydroxylation is 1. The van der Waals surface area contributed by atoms with E-state index in [4.69, 9.17) is 16.3 Å². The van der Waals surface area contributed by atoms with E-state index in [9.17, 15) is 14.0 Å². The summed E-state index contributed by atoms with van der Waals surface area (Å²) in [6.07, 6.45) is 2.17. The highest BCUT2D eigenvalue weighted by atomic mass is 35.5. The van der Waals surface area contributed by atoms with Crippen molar-refractivity contribution in [3.05, 3.63) is 58.4 Å². The summed E-state index contributed by atoms with van der Waals surface area (Å²) in [4.78, 5) is 26.2. The van der Waals surface area contributed by atoms with Crippen LogP contribution in [-0.2, 0) is 11.2 Å². The van der Waals surface area contributed by atoms with Crippen molar-refractivity contribution in [3.8, 4) is 5.75 Å². The topological polar surface area (TPSA) is 58.6 Å². The average Bonchev–Trinajstić information content (AvgIpc) is 2.70. The predicted molar refractivity (Wildman–Crippen MR) is 107 cm³/mol. The summed E-state index contributed by atoms with van der Waals surface area (Å²) in [7, 11) is 1.56. The third kappa shape index (κ3) is 4.62. The van der Waals surface area contributed by atoms with Crippen LogP contribution in [0.15, 0.2) is 36.4 Å². The maximum Gasteiger partial charge on any atom is 0.251 e. The third-order valence-corrected chi connectivity index (χ3v) is 4.93. The van der Waals surface area contributed by atoms with E-state index < -0.39 is 5.82 Å². The van der Waals surface area contributed by atoms with Gasteiger partial charge in [0.15, 0.2) is 0 Å². The monoisotopic (exact) mass is 404 g/mol. The average molecular weight is 405 g/mol. The van der Waals surface area contributed by atoms with Crippen molar-refractivity contribution in [1.82, 2.24) is 5.32 Å². The molecule has 0 atom stereocenters. The number of methoxy groups -OCH3 is 1. The van der Waals surface area contributed by atoms with Gasteiger partial charge >= 0.3 is 0 Å². The molecule has 0 fully saturated rings. The van der Waals surface area contributed by atoms with Crippen LogP contribution in [-0.4, -0.2) is 32.0 Å². The van der Waals surface area contributed by atoms with Crippen molar-refractivity contribution in [1.29, 1.82) is 0 Å². The SMILES string of the molecule is COc1ccc(C(=O)NCCCC(=O)N2CCCc3cc(Cl)cc(F)c32)cc1. The second kappa shape index (κ2) is 9.06. The third-order valence-electron chi connectivity index (χ3n) is 4.71. The number of ether oxygens (including phenoxy) is 1. The van der Waals surface area contributed by atoms with Crippen LogP contribution in [0.3, 0.4) is 0 Å². The number of amides is 2. The highest BCUT2D eigenvalue weighted by Crippen LogP contribution is 2.33. The normalized spacial score (nSPS) is 13.0. The summed E-state index contributed by atoms with van der Waals surface area (Å²) < 4.78 is 19.4. The Bertz CT molecular complexity index is 871. The Hall–Kier alpha value is -2.60. The van der Waals surface area contributed by atoms with Gasteiger partial charge in [0.2, 0.25) is 5.91 Å². The Morgan fingerprint density at radius 2 is 2.00 bits per heavy atom. The summed E-state index contributed by atoms with van der Waals surface area (Å²) in [6, 6.07) is 9.74. The minimum absolute atomic E-state index is 0.152. The first-order valence-corrected chi connectivity index (χ1v) is 9.58. The molecule has 0 aromatic heterocycles. The van der Waals surface area contributed by atoms with Gasteiger partial charge in [-0.15, -0.1) is 0 Å². The van der Waals surface area contributed by atoms with Gasteiger partial charge in [-0.25, -0.2) is 4.39 Å². The molecule has 7 heteroatoms. The van der Waals surface area contributed by atoms with Crippen LogP contribution in [0.25, 0.3) is 0 Å². The number of hydrogen-bond acceptors (Lipinski definition) is 3. The first kappa shape index (κ1) is 20.1. The van der Waals surface area contributed by atoms with Crippen LogP contribution in [0, 0.1) is 5.82 Å². The minimum Gasteiger partial charge on any atom is -0.497 e. The number of carbonyl (C=O) groups excluding carboxylic acids is 2. The van der Waals surface area contributed by atoms with E-state index in [2.05, 4.69) is 5.32 Å². The molecule has 2 aromatic carbocycles. The Morgan fingerprint density at radius 3 is 2.71 bits per heavy atom. The van der Waals surface area contributed by atoms with E-state index in [1.54, 1.807) is 37.4 Å². The molecule has 0 unspecified atom stereocenters. The number of anilines is 1. The van der Waals surface area contributed by atoms with Gasteiger partial charge in [-0.1, -0.05) is 11.6 Å². The first-order chi connectivity index (χ1) is 13.5. The number of benzene rings is 2. The first-order valence-electron chi connectivity index (χ1n) is 9.20. The van der Waals surface area contributed by atoms with Gasteiger partial charge in [0.05, 0.1) is 12.8 Å². The van der Waals surface area contributed by atoms with E-state index >= 15 is 0 Å². The van der Waals surface area contributed by atoms with Gasteiger partial charge in [-0.2, -0.15) is 0 Å².